The molecule has 1 atom stereocenters. The molecule has 0 spiro atoms. The summed E-state index contributed by atoms with van der Waals surface area (Å²) in [5, 5.41) is 15.7. The van der Waals surface area contributed by atoms with Crippen LogP contribution in [0.1, 0.15) is 19.8 Å². The molecule has 2 amide bonds. The van der Waals surface area contributed by atoms with E-state index in [1.807, 2.05) is 12.3 Å². The first kappa shape index (κ1) is 15.0. The smallest absolute Gasteiger partial charge is 0.326 e. The molecule has 0 saturated heterocycles. The molecule has 1 aromatic rings. The van der Waals surface area contributed by atoms with Crippen LogP contribution in [-0.4, -0.2) is 51.4 Å². The number of hydrogen-bond donors (Lipinski definition) is 2. The van der Waals surface area contributed by atoms with Gasteiger partial charge in [0.1, 0.15) is 6.04 Å². The lowest BCUT2D eigenvalue weighted by atomic mass is 10.2. The maximum atomic E-state index is 11.7. The number of amides is 2. The number of urea groups is 1. The van der Waals surface area contributed by atoms with Gasteiger partial charge in [0, 0.05) is 32.5 Å². The van der Waals surface area contributed by atoms with Gasteiger partial charge in [-0.05, 0) is 18.9 Å². The number of carboxylic acids is 1. The number of carbonyl (C=O) groups is 2. The number of aromatic nitrogens is 2. The van der Waals surface area contributed by atoms with Crippen molar-refractivity contribution in [1.82, 2.24) is 20.0 Å². The van der Waals surface area contributed by atoms with Crippen LogP contribution in [0.2, 0.25) is 0 Å². The summed E-state index contributed by atoms with van der Waals surface area (Å²) in [6, 6.07) is 0.686. The van der Waals surface area contributed by atoms with Gasteiger partial charge in [-0.25, -0.2) is 9.59 Å². The van der Waals surface area contributed by atoms with Gasteiger partial charge in [-0.1, -0.05) is 6.92 Å². The zero-order valence-corrected chi connectivity index (χ0v) is 11.2. The van der Waals surface area contributed by atoms with Gasteiger partial charge < -0.3 is 15.3 Å². The average molecular weight is 268 g/mol. The van der Waals surface area contributed by atoms with Gasteiger partial charge in [0.2, 0.25) is 0 Å². The molecule has 1 aromatic heterocycles. The monoisotopic (exact) mass is 268 g/mol. The Hall–Kier alpha value is -2.05. The molecule has 0 aliphatic heterocycles. The van der Waals surface area contributed by atoms with Crippen molar-refractivity contribution >= 4 is 12.0 Å². The minimum absolute atomic E-state index is 0.366. The second-order valence-corrected chi connectivity index (χ2v) is 4.23. The Bertz CT molecular complexity index is 405. The van der Waals surface area contributed by atoms with E-state index in [4.69, 9.17) is 5.11 Å². The minimum atomic E-state index is -0.989. The summed E-state index contributed by atoms with van der Waals surface area (Å²) < 4.78 is 1.78. The number of hydrogen-bond acceptors (Lipinski definition) is 3. The van der Waals surface area contributed by atoms with E-state index in [0.29, 0.717) is 19.5 Å². The topological polar surface area (TPSA) is 87.5 Å². The Morgan fingerprint density at radius 3 is 2.79 bits per heavy atom. The highest BCUT2D eigenvalue weighted by Crippen LogP contribution is 2.02. The second-order valence-electron chi connectivity index (χ2n) is 4.23. The van der Waals surface area contributed by atoms with Crippen molar-refractivity contribution in [2.24, 2.45) is 0 Å². The second kappa shape index (κ2) is 7.40. The predicted octanol–water partition coefficient (Wildman–Crippen LogP) is 0.778. The van der Waals surface area contributed by atoms with E-state index in [2.05, 4.69) is 10.4 Å². The van der Waals surface area contributed by atoms with Gasteiger partial charge in [-0.2, -0.15) is 5.10 Å². The summed E-state index contributed by atoms with van der Waals surface area (Å²) >= 11 is 0. The quantitative estimate of drug-likeness (QED) is 0.715. The number of nitrogens with zero attached hydrogens (tertiary/aromatic N) is 3. The first-order chi connectivity index (χ1) is 9.06. The van der Waals surface area contributed by atoms with Crippen molar-refractivity contribution in [3.8, 4) is 0 Å². The normalized spacial score (nSPS) is 11.9. The Labute approximate surface area is 112 Å². The number of rotatable bonds is 7. The molecule has 2 N–H and O–H groups in total. The van der Waals surface area contributed by atoms with Crippen LogP contribution in [0.25, 0.3) is 0 Å². The summed E-state index contributed by atoms with van der Waals surface area (Å²) in [6.07, 6.45) is 4.67. The fourth-order valence-corrected chi connectivity index (χ4v) is 1.75. The van der Waals surface area contributed by atoms with Gasteiger partial charge in [-0.15, -0.1) is 0 Å². The molecular weight excluding hydrogens is 248 g/mol. The molecule has 0 saturated carbocycles. The average Bonchev–Trinajstić information content (AvgIpc) is 2.87. The predicted molar refractivity (Wildman–Crippen MR) is 69.7 cm³/mol. The molecule has 0 aliphatic rings. The molecule has 0 bridgehead atoms. The third-order valence-electron chi connectivity index (χ3n) is 2.86. The van der Waals surface area contributed by atoms with E-state index in [1.54, 1.807) is 17.8 Å². The highest BCUT2D eigenvalue weighted by atomic mass is 16.4. The van der Waals surface area contributed by atoms with Gasteiger partial charge in [0.15, 0.2) is 0 Å². The van der Waals surface area contributed by atoms with Gasteiger partial charge in [-0.3, -0.25) is 4.68 Å². The maximum Gasteiger partial charge on any atom is 0.326 e. The Balaban J connectivity index is 2.28. The first-order valence-electron chi connectivity index (χ1n) is 6.27. The number of nitrogens with one attached hydrogen (secondary N) is 1. The van der Waals surface area contributed by atoms with Crippen molar-refractivity contribution in [3.05, 3.63) is 18.5 Å². The summed E-state index contributed by atoms with van der Waals surface area (Å²) in [7, 11) is 1.49. The highest BCUT2D eigenvalue weighted by Gasteiger charge is 2.24. The largest absolute Gasteiger partial charge is 0.480 e. The molecule has 1 rings (SSSR count). The third-order valence-corrected chi connectivity index (χ3v) is 2.86. The number of aryl methyl sites for hydroxylation is 1. The van der Waals surface area contributed by atoms with Crippen LogP contribution in [0.3, 0.4) is 0 Å². The molecule has 106 valence electrons. The minimum Gasteiger partial charge on any atom is -0.480 e. The maximum absolute atomic E-state index is 11.7. The molecule has 1 heterocycles. The van der Waals surface area contributed by atoms with Crippen molar-refractivity contribution in [1.29, 1.82) is 0 Å². The third kappa shape index (κ3) is 4.61. The summed E-state index contributed by atoms with van der Waals surface area (Å²) in [6.45, 7) is 2.94. The highest BCUT2D eigenvalue weighted by molar-refractivity contribution is 5.82. The van der Waals surface area contributed by atoms with Crippen LogP contribution in [0.5, 0.6) is 0 Å². The van der Waals surface area contributed by atoms with Crippen LogP contribution >= 0.6 is 0 Å². The number of aliphatic carboxylic acids is 1. The molecule has 0 aromatic carbocycles. The van der Waals surface area contributed by atoms with Crippen LogP contribution in [-0.2, 0) is 11.3 Å². The number of likely N-dealkylation sites (N-methyl/N-ethyl adjacent to an activating group) is 1. The standard InChI is InChI=1S/C12H20N4O3/c1-3-10(11(17)18)15(2)12(19)13-6-4-8-16-9-5-7-14-16/h5,7,9-10H,3-4,6,8H2,1-2H3,(H,13,19)(H,17,18). The van der Waals surface area contributed by atoms with Crippen LogP contribution in [0.4, 0.5) is 4.79 Å². The lowest BCUT2D eigenvalue weighted by molar-refractivity contribution is -0.141. The Morgan fingerprint density at radius 1 is 1.53 bits per heavy atom. The molecule has 7 heteroatoms. The molecule has 19 heavy (non-hydrogen) atoms. The van der Waals surface area contributed by atoms with Crippen LogP contribution < -0.4 is 5.32 Å². The molecule has 1 unspecified atom stereocenters. The zero-order chi connectivity index (χ0) is 14.3. The van der Waals surface area contributed by atoms with Gasteiger partial charge >= 0.3 is 12.0 Å². The van der Waals surface area contributed by atoms with Crippen molar-refractivity contribution in [3.63, 3.8) is 0 Å². The fraction of sp³-hybridized carbons (Fsp3) is 0.583. The lowest BCUT2D eigenvalue weighted by Gasteiger charge is -2.23. The van der Waals surface area contributed by atoms with E-state index in [1.165, 1.54) is 11.9 Å². The zero-order valence-electron chi connectivity index (χ0n) is 11.2. The fourth-order valence-electron chi connectivity index (χ4n) is 1.75. The summed E-state index contributed by atoms with van der Waals surface area (Å²) in [5.41, 5.74) is 0. The van der Waals surface area contributed by atoms with E-state index in [9.17, 15) is 9.59 Å². The number of carbonyl (C=O) groups excluding carboxylic acids is 1. The van der Waals surface area contributed by atoms with Crippen molar-refractivity contribution < 1.29 is 14.7 Å². The molecule has 0 radical (unpaired) electrons. The molecule has 0 aliphatic carbocycles. The Morgan fingerprint density at radius 2 is 2.26 bits per heavy atom. The van der Waals surface area contributed by atoms with E-state index in [0.717, 1.165) is 6.42 Å². The molecule has 7 nitrogen and oxygen atoms in total. The van der Waals surface area contributed by atoms with Crippen molar-refractivity contribution in [2.75, 3.05) is 13.6 Å². The van der Waals surface area contributed by atoms with E-state index >= 15 is 0 Å². The van der Waals surface area contributed by atoms with Gasteiger partial charge in [0.25, 0.3) is 0 Å². The Kier molecular flexibility index (Phi) is 5.84. The summed E-state index contributed by atoms with van der Waals surface area (Å²) in [5.74, 6) is -0.989. The summed E-state index contributed by atoms with van der Waals surface area (Å²) in [4.78, 5) is 23.9. The SMILES string of the molecule is CCC(C(=O)O)N(C)C(=O)NCCCn1cccn1. The lowest BCUT2D eigenvalue weighted by Crippen LogP contribution is -2.47. The van der Waals surface area contributed by atoms with E-state index in [-0.39, 0.29) is 6.03 Å². The molecular formula is C12H20N4O3. The number of carboxylic acid groups (broad SMARTS) is 1. The van der Waals surface area contributed by atoms with E-state index < -0.39 is 12.0 Å². The van der Waals surface area contributed by atoms with Crippen LogP contribution in [0.15, 0.2) is 18.5 Å². The van der Waals surface area contributed by atoms with Gasteiger partial charge in [0.05, 0.1) is 0 Å². The first-order valence-corrected chi connectivity index (χ1v) is 6.27. The molecule has 0 fully saturated rings. The van der Waals surface area contributed by atoms with Crippen molar-refractivity contribution in [2.45, 2.75) is 32.4 Å². The van der Waals surface area contributed by atoms with Crippen LogP contribution in [0, 0.1) is 0 Å².